The molecule has 0 saturated carbocycles. The fraction of sp³-hybridized carbons (Fsp3) is 0.222. The minimum atomic E-state index is -1.02. The Balaban J connectivity index is 3.25. The molecule has 0 aromatic carbocycles. The van der Waals surface area contributed by atoms with Gasteiger partial charge in [0.2, 0.25) is 0 Å². The van der Waals surface area contributed by atoms with Crippen LogP contribution in [0.2, 0.25) is 0 Å². The number of hydrogen-bond donors (Lipinski definition) is 3. The van der Waals surface area contributed by atoms with Gasteiger partial charge in [0.25, 0.3) is 0 Å². The van der Waals surface area contributed by atoms with Gasteiger partial charge in [-0.1, -0.05) is 0 Å². The number of anilines is 1. The summed E-state index contributed by atoms with van der Waals surface area (Å²) < 4.78 is 0. The predicted molar refractivity (Wildman–Crippen MR) is 53.2 cm³/mol. The second-order valence-corrected chi connectivity index (χ2v) is 2.80. The highest BCUT2D eigenvalue weighted by atomic mass is 16.4. The SMILES string of the molecule is CNc1cc(C(=O)O)cnc1C(C)=N. The summed E-state index contributed by atoms with van der Waals surface area (Å²) in [6.45, 7) is 1.60. The number of pyridine rings is 1. The van der Waals surface area contributed by atoms with Gasteiger partial charge in [0.05, 0.1) is 17.0 Å². The number of aromatic carboxylic acids is 1. The van der Waals surface area contributed by atoms with Gasteiger partial charge in [0.1, 0.15) is 5.69 Å². The summed E-state index contributed by atoms with van der Waals surface area (Å²) in [4.78, 5) is 14.5. The van der Waals surface area contributed by atoms with E-state index in [1.165, 1.54) is 12.3 Å². The molecule has 0 atom stereocenters. The molecule has 0 aliphatic carbocycles. The van der Waals surface area contributed by atoms with E-state index in [4.69, 9.17) is 10.5 Å². The summed E-state index contributed by atoms with van der Waals surface area (Å²) in [5.41, 5.74) is 1.43. The maximum absolute atomic E-state index is 10.6. The highest BCUT2D eigenvalue weighted by Crippen LogP contribution is 2.14. The molecule has 0 spiro atoms. The van der Waals surface area contributed by atoms with E-state index in [9.17, 15) is 4.79 Å². The van der Waals surface area contributed by atoms with Crippen molar-refractivity contribution in [2.75, 3.05) is 12.4 Å². The molecule has 74 valence electrons. The summed E-state index contributed by atoms with van der Waals surface area (Å²) in [5.74, 6) is -1.02. The van der Waals surface area contributed by atoms with E-state index in [1.807, 2.05) is 0 Å². The summed E-state index contributed by atoms with van der Waals surface area (Å²) in [7, 11) is 1.66. The lowest BCUT2D eigenvalue weighted by molar-refractivity contribution is 0.0696. The van der Waals surface area contributed by atoms with Crippen LogP contribution in [0, 0.1) is 5.41 Å². The van der Waals surface area contributed by atoms with E-state index in [0.29, 0.717) is 17.1 Å². The number of nitrogens with one attached hydrogen (secondary N) is 2. The van der Waals surface area contributed by atoms with Crippen LogP contribution >= 0.6 is 0 Å². The molecule has 0 aliphatic heterocycles. The van der Waals surface area contributed by atoms with E-state index < -0.39 is 5.97 Å². The topological polar surface area (TPSA) is 86.1 Å². The molecule has 1 aromatic heterocycles. The molecular weight excluding hydrogens is 182 g/mol. The van der Waals surface area contributed by atoms with Gasteiger partial charge in [-0.3, -0.25) is 4.98 Å². The first-order valence-electron chi connectivity index (χ1n) is 4.03. The molecule has 0 radical (unpaired) electrons. The van der Waals surface area contributed by atoms with Crippen LogP contribution in [0.15, 0.2) is 12.3 Å². The van der Waals surface area contributed by atoms with Gasteiger partial charge in [-0.15, -0.1) is 0 Å². The molecule has 5 nitrogen and oxygen atoms in total. The van der Waals surface area contributed by atoms with Crippen molar-refractivity contribution >= 4 is 17.4 Å². The smallest absolute Gasteiger partial charge is 0.337 e. The molecule has 0 unspecified atom stereocenters. The van der Waals surface area contributed by atoms with Crippen molar-refractivity contribution in [1.82, 2.24) is 4.98 Å². The predicted octanol–water partition coefficient (Wildman–Crippen LogP) is 1.21. The van der Waals surface area contributed by atoms with E-state index >= 15 is 0 Å². The van der Waals surface area contributed by atoms with Crippen molar-refractivity contribution in [3.63, 3.8) is 0 Å². The summed E-state index contributed by atoms with van der Waals surface area (Å²) >= 11 is 0. The lowest BCUT2D eigenvalue weighted by Gasteiger charge is -2.07. The number of rotatable bonds is 3. The van der Waals surface area contributed by atoms with Crippen molar-refractivity contribution < 1.29 is 9.90 Å². The maximum atomic E-state index is 10.6. The first-order valence-corrected chi connectivity index (χ1v) is 4.03. The van der Waals surface area contributed by atoms with E-state index in [2.05, 4.69) is 10.3 Å². The Bertz CT molecular complexity index is 388. The van der Waals surface area contributed by atoms with Crippen LogP contribution < -0.4 is 5.32 Å². The number of carboxylic acid groups (broad SMARTS) is 1. The summed E-state index contributed by atoms with van der Waals surface area (Å²) in [5, 5.41) is 18.9. The highest BCUT2D eigenvalue weighted by Gasteiger charge is 2.09. The molecule has 5 heteroatoms. The molecule has 14 heavy (non-hydrogen) atoms. The zero-order valence-corrected chi connectivity index (χ0v) is 7.96. The Labute approximate surface area is 81.3 Å². The largest absolute Gasteiger partial charge is 0.478 e. The molecule has 1 aromatic rings. The van der Waals surface area contributed by atoms with Gasteiger partial charge in [-0.2, -0.15) is 0 Å². The fourth-order valence-electron chi connectivity index (χ4n) is 1.07. The van der Waals surface area contributed by atoms with Crippen LogP contribution in [0.1, 0.15) is 23.0 Å². The molecule has 0 aliphatic rings. The lowest BCUT2D eigenvalue weighted by Crippen LogP contribution is -2.06. The number of carbonyl (C=O) groups is 1. The summed E-state index contributed by atoms with van der Waals surface area (Å²) in [6, 6.07) is 1.46. The highest BCUT2D eigenvalue weighted by molar-refractivity contribution is 6.00. The zero-order valence-electron chi connectivity index (χ0n) is 7.96. The van der Waals surface area contributed by atoms with E-state index in [0.717, 1.165) is 0 Å². The van der Waals surface area contributed by atoms with Gasteiger partial charge in [-0.25, -0.2) is 4.79 Å². The van der Waals surface area contributed by atoms with Crippen molar-refractivity contribution in [1.29, 1.82) is 5.41 Å². The average molecular weight is 193 g/mol. The summed E-state index contributed by atoms with van der Waals surface area (Å²) in [6.07, 6.45) is 1.25. The number of hydrogen-bond acceptors (Lipinski definition) is 4. The molecule has 0 amide bonds. The molecular formula is C9H11N3O2. The minimum Gasteiger partial charge on any atom is -0.478 e. The van der Waals surface area contributed by atoms with Crippen molar-refractivity contribution in [2.24, 2.45) is 0 Å². The van der Waals surface area contributed by atoms with E-state index in [1.54, 1.807) is 14.0 Å². The zero-order chi connectivity index (χ0) is 10.7. The van der Waals surface area contributed by atoms with Crippen LogP contribution in [0.25, 0.3) is 0 Å². The van der Waals surface area contributed by atoms with Crippen LogP contribution in [0.3, 0.4) is 0 Å². The quantitative estimate of drug-likeness (QED) is 0.630. The van der Waals surface area contributed by atoms with Gasteiger partial charge in [0.15, 0.2) is 0 Å². The number of nitrogens with zero attached hydrogens (tertiary/aromatic N) is 1. The fourth-order valence-corrected chi connectivity index (χ4v) is 1.07. The Kier molecular flexibility index (Phi) is 2.81. The maximum Gasteiger partial charge on any atom is 0.337 e. The van der Waals surface area contributed by atoms with E-state index in [-0.39, 0.29) is 5.56 Å². The molecule has 1 rings (SSSR count). The first-order chi connectivity index (χ1) is 6.56. The van der Waals surface area contributed by atoms with Crippen LogP contribution in [0.4, 0.5) is 5.69 Å². The molecule has 1 heterocycles. The second kappa shape index (κ2) is 3.87. The van der Waals surface area contributed by atoms with Gasteiger partial charge >= 0.3 is 5.97 Å². The second-order valence-electron chi connectivity index (χ2n) is 2.80. The lowest BCUT2D eigenvalue weighted by atomic mass is 10.2. The van der Waals surface area contributed by atoms with Gasteiger partial charge in [0, 0.05) is 13.2 Å². The van der Waals surface area contributed by atoms with Gasteiger partial charge < -0.3 is 15.8 Å². The van der Waals surface area contributed by atoms with Gasteiger partial charge in [-0.05, 0) is 13.0 Å². The molecule has 3 N–H and O–H groups in total. The number of carboxylic acids is 1. The average Bonchev–Trinajstić information content (AvgIpc) is 2.16. The van der Waals surface area contributed by atoms with Crippen LogP contribution in [-0.4, -0.2) is 28.8 Å². The van der Waals surface area contributed by atoms with Crippen LogP contribution in [-0.2, 0) is 0 Å². The van der Waals surface area contributed by atoms with Crippen molar-refractivity contribution in [3.8, 4) is 0 Å². The third-order valence-electron chi connectivity index (χ3n) is 1.76. The van der Waals surface area contributed by atoms with Crippen LogP contribution in [0.5, 0.6) is 0 Å². The molecule has 0 saturated heterocycles. The standard InChI is InChI=1S/C9H11N3O2/c1-5(10)8-7(11-2)3-6(4-12-8)9(13)14/h3-4,10-11H,1-2H3,(H,13,14). The molecule has 0 fully saturated rings. The Morgan fingerprint density at radius 3 is 2.71 bits per heavy atom. The Morgan fingerprint density at radius 1 is 1.64 bits per heavy atom. The normalized spacial score (nSPS) is 9.57. The number of aromatic nitrogens is 1. The third kappa shape index (κ3) is 1.87. The monoisotopic (exact) mass is 193 g/mol. The minimum absolute atomic E-state index is 0.111. The van der Waals surface area contributed by atoms with Crippen molar-refractivity contribution in [3.05, 3.63) is 23.5 Å². The Hall–Kier alpha value is -1.91. The first kappa shape index (κ1) is 10.2. The third-order valence-corrected chi connectivity index (χ3v) is 1.76. The Morgan fingerprint density at radius 2 is 2.29 bits per heavy atom. The van der Waals surface area contributed by atoms with Crippen molar-refractivity contribution in [2.45, 2.75) is 6.92 Å². The molecule has 0 bridgehead atoms.